The van der Waals surface area contributed by atoms with Gasteiger partial charge in [-0.15, -0.1) is 11.3 Å². The predicted molar refractivity (Wildman–Crippen MR) is 160 cm³/mol. The van der Waals surface area contributed by atoms with Gasteiger partial charge < -0.3 is 28.7 Å². The summed E-state index contributed by atoms with van der Waals surface area (Å²) < 4.78 is 23.0. The van der Waals surface area contributed by atoms with Gasteiger partial charge in [0.15, 0.2) is 6.10 Å². The van der Waals surface area contributed by atoms with Crippen LogP contribution in [0.25, 0.3) is 21.2 Å². The van der Waals surface area contributed by atoms with Crippen LogP contribution in [0.2, 0.25) is 0 Å². The molecule has 1 saturated heterocycles. The highest BCUT2D eigenvalue weighted by Crippen LogP contribution is 2.41. The second-order valence-electron chi connectivity index (χ2n) is 11.6. The van der Waals surface area contributed by atoms with Crippen molar-refractivity contribution in [2.24, 2.45) is 0 Å². The van der Waals surface area contributed by atoms with Crippen molar-refractivity contribution in [3.63, 3.8) is 0 Å². The van der Waals surface area contributed by atoms with Crippen molar-refractivity contribution in [3.8, 4) is 16.2 Å². The number of amides is 2. The van der Waals surface area contributed by atoms with Gasteiger partial charge >= 0.3 is 6.09 Å². The van der Waals surface area contributed by atoms with E-state index in [4.69, 9.17) is 18.9 Å². The Balaban J connectivity index is 1.45. The van der Waals surface area contributed by atoms with Crippen molar-refractivity contribution in [3.05, 3.63) is 53.4 Å². The minimum Gasteiger partial charge on any atom is -0.493 e. The Morgan fingerprint density at radius 2 is 1.88 bits per heavy atom. The summed E-state index contributed by atoms with van der Waals surface area (Å²) in [7, 11) is 1.69. The van der Waals surface area contributed by atoms with E-state index in [-0.39, 0.29) is 18.5 Å². The van der Waals surface area contributed by atoms with Crippen LogP contribution >= 0.6 is 11.3 Å². The summed E-state index contributed by atoms with van der Waals surface area (Å²) >= 11 is 1.69. The lowest BCUT2D eigenvalue weighted by Gasteiger charge is -2.36. The van der Waals surface area contributed by atoms with E-state index in [0.29, 0.717) is 32.9 Å². The average Bonchev–Trinajstić information content (AvgIpc) is 3.66. The molecule has 1 atom stereocenters. The van der Waals surface area contributed by atoms with E-state index < -0.39 is 17.8 Å². The number of carbonyl (C=O) groups is 2. The van der Waals surface area contributed by atoms with Crippen LogP contribution in [0, 0.1) is 0 Å². The number of ether oxygens (including phenoxy) is 4. The Hall–Kier alpha value is -3.14. The van der Waals surface area contributed by atoms with Gasteiger partial charge in [0.1, 0.15) is 11.4 Å². The first-order valence-corrected chi connectivity index (χ1v) is 15.2. The molecule has 1 aliphatic heterocycles. The summed E-state index contributed by atoms with van der Waals surface area (Å²) in [5.74, 6) is 0.717. The molecule has 1 aliphatic carbocycles. The van der Waals surface area contributed by atoms with Crippen molar-refractivity contribution in [1.82, 2.24) is 9.80 Å². The Bertz CT molecular complexity index is 1350. The molecule has 0 bridgehead atoms. The third-order valence-electron chi connectivity index (χ3n) is 7.21. The molecular formula is C32H40N2O6S. The van der Waals surface area contributed by atoms with Crippen molar-refractivity contribution in [2.45, 2.75) is 64.3 Å². The van der Waals surface area contributed by atoms with Crippen LogP contribution < -0.4 is 4.74 Å². The minimum atomic E-state index is -0.729. The average molecular weight is 581 g/mol. The molecule has 0 unspecified atom stereocenters. The van der Waals surface area contributed by atoms with Gasteiger partial charge in [0.05, 0.1) is 19.8 Å². The minimum absolute atomic E-state index is 0.0893. The Labute approximate surface area is 246 Å². The number of hydrogen-bond acceptors (Lipinski definition) is 7. The van der Waals surface area contributed by atoms with Gasteiger partial charge in [-0.25, -0.2) is 4.79 Å². The van der Waals surface area contributed by atoms with Gasteiger partial charge in [-0.2, -0.15) is 0 Å². The number of rotatable bonds is 10. The molecule has 1 aromatic heterocycles. The molecule has 2 fully saturated rings. The van der Waals surface area contributed by atoms with Crippen LogP contribution in [0.4, 0.5) is 4.79 Å². The number of fused-ring (bicyclic) bond motifs is 1. The van der Waals surface area contributed by atoms with E-state index in [1.54, 1.807) is 23.3 Å². The second kappa shape index (κ2) is 12.8. The lowest BCUT2D eigenvalue weighted by Crippen LogP contribution is -2.53. The first-order chi connectivity index (χ1) is 19.7. The zero-order chi connectivity index (χ0) is 29.0. The van der Waals surface area contributed by atoms with E-state index in [1.165, 1.54) is 0 Å². The Morgan fingerprint density at radius 3 is 2.56 bits per heavy atom. The van der Waals surface area contributed by atoms with Gasteiger partial charge in [-0.05, 0) is 62.1 Å². The standard InChI is InChI=1S/C32H40N2O6S/c1-32(2,3)40-31(36)33-14-17-39-27(21-33)30(35)34(23-12-13-23)20-22-19-26(38-16-8-15-37-4)24-9-5-6-10-25(24)29(22)28-11-7-18-41-28/h5-7,9-11,18-19,23,27H,8,12-17,20-21H2,1-4H3/t27-/m1/s1. The third-order valence-corrected chi connectivity index (χ3v) is 8.10. The fourth-order valence-electron chi connectivity index (χ4n) is 5.17. The second-order valence-corrected chi connectivity index (χ2v) is 12.6. The molecular weight excluding hydrogens is 540 g/mol. The predicted octanol–water partition coefficient (Wildman–Crippen LogP) is 6.11. The number of methoxy groups -OCH3 is 1. The molecule has 0 radical (unpaired) electrons. The van der Waals surface area contributed by atoms with Crippen LogP contribution in [0.3, 0.4) is 0 Å². The van der Waals surface area contributed by atoms with E-state index >= 15 is 0 Å². The van der Waals surface area contributed by atoms with Gasteiger partial charge in [0, 0.05) is 55.1 Å². The van der Waals surface area contributed by atoms with Gasteiger partial charge in [0.25, 0.3) is 5.91 Å². The topological polar surface area (TPSA) is 77.5 Å². The molecule has 1 saturated carbocycles. The molecule has 0 spiro atoms. The molecule has 5 rings (SSSR count). The Morgan fingerprint density at radius 1 is 1.10 bits per heavy atom. The maximum atomic E-state index is 14.0. The van der Waals surface area contributed by atoms with Crippen LogP contribution in [-0.4, -0.2) is 79.6 Å². The van der Waals surface area contributed by atoms with Crippen LogP contribution in [0.1, 0.15) is 45.6 Å². The van der Waals surface area contributed by atoms with Gasteiger partial charge in [-0.3, -0.25) is 4.79 Å². The summed E-state index contributed by atoms with van der Waals surface area (Å²) in [6.45, 7) is 8.00. The highest BCUT2D eigenvalue weighted by Gasteiger charge is 2.40. The molecule has 220 valence electrons. The summed E-state index contributed by atoms with van der Waals surface area (Å²) in [6, 6.07) is 14.7. The largest absolute Gasteiger partial charge is 0.493 e. The van der Waals surface area contributed by atoms with E-state index in [9.17, 15) is 9.59 Å². The lowest BCUT2D eigenvalue weighted by molar-refractivity contribution is -0.150. The zero-order valence-electron chi connectivity index (χ0n) is 24.4. The lowest BCUT2D eigenvalue weighted by atomic mass is 9.96. The molecule has 2 aliphatic rings. The smallest absolute Gasteiger partial charge is 0.410 e. The van der Waals surface area contributed by atoms with Crippen LogP contribution in [0.5, 0.6) is 5.75 Å². The first kappa shape index (κ1) is 29.4. The SMILES string of the molecule is COCCCOc1cc(CN(C(=O)[C@H]2CN(C(=O)OC(C)(C)C)CCO2)C2CC2)c(-c2cccs2)c2ccccc12. The molecule has 41 heavy (non-hydrogen) atoms. The number of benzene rings is 2. The van der Waals surface area contributed by atoms with Gasteiger partial charge in [-0.1, -0.05) is 30.3 Å². The number of hydrogen-bond donors (Lipinski definition) is 0. The number of carbonyl (C=O) groups excluding carboxylic acids is 2. The summed E-state index contributed by atoms with van der Waals surface area (Å²) in [5, 5.41) is 4.22. The van der Waals surface area contributed by atoms with Crippen molar-refractivity contribution >= 4 is 34.1 Å². The first-order valence-electron chi connectivity index (χ1n) is 14.4. The number of nitrogens with zero attached hydrogens (tertiary/aromatic N) is 2. The van der Waals surface area contributed by atoms with Crippen molar-refractivity contribution in [2.75, 3.05) is 40.0 Å². The van der Waals surface area contributed by atoms with Crippen molar-refractivity contribution in [1.29, 1.82) is 0 Å². The molecule has 2 aromatic carbocycles. The quantitative estimate of drug-likeness (QED) is 0.269. The fourth-order valence-corrected chi connectivity index (χ4v) is 5.99. The molecule has 9 heteroatoms. The highest BCUT2D eigenvalue weighted by molar-refractivity contribution is 7.13. The van der Waals surface area contributed by atoms with Crippen LogP contribution in [0.15, 0.2) is 47.8 Å². The molecule has 2 heterocycles. The number of morpholine rings is 1. The Kier molecular flexibility index (Phi) is 9.16. The van der Waals surface area contributed by atoms with E-state index in [2.05, 4.69) is 35.7 Å². The van der Waals surface area contributed by atoms with Gasteiger partial charge in [0.2, 0.25) is 0 Å². The van der Waals surface area contributed by atoms with E-state index in [0.717, 1.165) is 51.8 Å². The zero-order valence-corrected chi connectivity index (χ0v) is 25.2. The third kappa shape index (κ3) is 7.20. The molecule has 0 N–H and O–H groups in total. The van der Waals surface area contributed by atoms with E-state index in [1.807, 2.05) is 37.8 Å². The molecule has 8 nitrogen and oxygen atoms in total. The maximum Gasteiger partial charge on any atom is 0.410 e. The molecule has 3 aromatic rings. The monoisotopic (exact) mass is 580 g/mol. The summed E-state index contributed by atoms with van der Waals surface area (Å²) in [4.78, 5) is 31.4. The highest BCUT2D eigenvalue weighted by atomic mass is 32.1. The van der Waals surface area contributed by atoms with Crippen LogP contribution in [-0.2, 0) is 25.5 Å². The fraction of sp³-hybridized carbons (Fsp3) is 0.500. The summed E-state index contributed by atoms with van der Waals surface area (Å²) in [6.07, 6.45) is 1.55. The summed E-state index contributed by atoms with van der Waals surface area (Å²) in [5.41, 5.74) is 1.55. The molecule has 2 amide bonds. The number of thiophene rings is 1. The normalized spacial score (nSPS) is 17.5. The maximum absolute atomic E-state index is 14.0. The van der Waals surface area contributed by atoms with Crippen molar-refractivity contribution < 1.29 is 28.5 Å².